The van der Waals surface area contributed by atoms with Crippen LogP contribution in [0.1, 0.15) is 105 Å². The molecule has 3 aliphatic heterocycles. The highest BCUT2D eigenvalue weighted by Gasteiger charge is 2.80. The van der Waals surface area contributed by atoms with Crippen LogP contribution in [-0.2, 0) is 66.5 Å². The highest BCUT2D eigenvalue weighted by Crippen LogP contribution is 2.70. The van der Waals surface area contributed by atoms with E-state index in [9.17, 15) is 34.8 Å². The average molecular weight is 1000 g/mol. The molecule has 22 unspecified atom stereocenters. The monoisotopic (exact) mass is 1000 g/mol. The number of methoxy groups -OCH3 is 3. The number of carbonyl (C=O) groups excluding carboxylic acids is 3. The Hall–Kier alpha value is -3.21. The summed E-state index contributed by atoms with van der Waals surface area (Å²) in [6.07, 6.45) is -5.14. The zero-order valence-electron chi connectivity index (χ0n) is 42.7. The third-order valence-electron chi connectivity index (χ3n) is 17.5. The molecule has 7 aliphatic rings. The van der Waals surface area contributed by atoms with E-state index in [0.29, 0.717) is 25.7 Å². The zero-order chi connectivity index (χ0) is 51.4. The van der Waals surface area contributed by atoms with Crippen LogP contribution in [0.5, 0.6) is 0 Å². The first kappa shape index (κ1) is 54.1. The molecule has 4 N–H and O–H groups in total. The van der Waals surface area contributed by atoms with Crippen LogP contribution in [-0.4, -0.2) is 169 Å². The van der Waals surface area contributed by atoms with E-state index in [4.69, 9.17) is 52.1 Å². The Morgan fingerprint density at radius 3 is 1.97 bits per heavy atom. The lowest BCUT2D eigenvalue weighted by Gasteiger charge is -2.68. The molecular weight excluding hydrogens is 925 g/mol. The number of aliphatic hydroxyl groups excluding tert-OH is 2. The van der Waals surface area contributed by atoms with Gasteiger partial charge in [-0.3, -0.25) is 9.59 Å². The number of benzene rings is 1. The molecule has 0 amide bonds. The van der Waals surface area contributed by atoms with Crippen molar-refractivity contribution < 1.29 is 86.9 Å². The van der Waals surface area contributed by atoms with Gasteiger partial charge in [-0.15, -0.1) is 0 Å². The molecule has 18 heteroatoms. The van der Waals surface area contributed by atoms with Crippen LogP contribution in [0, 0.1) is 22.7 Å². The molecule has 1 aromatic rings. The molecular formula is C53H76O18. The molecule has 22 atom stereocenters. The summed E-state index contributed by atoms with van der Waals surface area (Å²) in [7, 11) is 4.58. The summed E-state index contributed by atoms with van der Waals surface area (Å²) >= 11 is 0. The predicted octanol–water partition coefficient (Wildman–Crippen LogP) is 4.10. The van der Waals surface area contributed by atoms with Crippen LogP contribution in [0.4, 0.5) is 0 Å². The Kier molecular flexibility index (Phi) is 16.1. The number of carbonyl (C=O) groups is 3. The fourth-order valence-electron chi connectivity index (χ4n) is 13.8. The third-order valence-corrected chi connectivity index (χ3v) is 17.5. The molecule has 0 radical (unpaired) electrons. The van der Waals surface area contributed by atoms with Gasteiger partial charge >= 0.3 is 11.9 Å². The van der Waals surface area contributed by atoms with Gasteiger partial charge < -0.3 is 72.5 Å². The maximum atomic E-state index is 13.8. The van der Waals surface area contributed by atoms with Crippen molar-refractivity contribution in [1.29, 1.82) is 0 Å². The quantitative estimate of drug-likeness (QED) is 0.117. The smallest absolute Gasteiger partial charge is 0.331 e. The largest absolute Gasteiger partial charge is 0.458 e. The average Bonchev–Trinajstić information content (AvgIpc) is 3.62. The number of Topliss-reactive ketones (excluding diaryl/α,β-unsaturated/α-hetero) is 1. The Bertz CT molecular complexity index is 2120. The van der Waals surface area contributed by atoms with Crippen molar-refractivity contribution in [3.05, 3.63) is 53.6 Å². The Morgan fingerprint density at radius 1 is 0.732 bits per heavy atom. The third kappa shape index (κ3) is 9.73. The zero-order valence-corrected chi connectivity index (χ0v) is 42.7. The van der Waals surface area contributed by atoms with E-state index in [1.54, 1.807) is 34.1 Å². The minimum Gasteiger partial charge on any atom is -0.458 e. The maximum Gasteiger partial charge on any atom is 0.331 e. The maximum absolute atomic E-state index is 13.8. The van der Waals surface area contributed by atoms with Gasteiger partial charge in [0.25, 0.3) is 0 Å². The van der Waals surface area contributed by atoms with Crippen LogP contribution in [0.25, 0.3) is 6.08 Å². The number of hydrogen-bond donors (Lipinski definition) is 4. The van der Waals surface area contributed by atoms with Crippen molar-refractivity contribution in [2.45, 2.75) is 209 Å². The number of hydrogen-bond acceptors (Lipinski definition) is 18. The summed E-state index contributed by atoms with van der Waals surface area (Å²) < 4.78 is 68.0. The van der Waals surface area contributed by atoms with E-state index in [2.05, 4.69) is 0 Å². The highest BCUT2D eigenvalue weighted by atomic mass is 16.8. The molecule has 1 aromatic carbocycles. The second-order valence-corrected chi connectivity index (χ2v) is 21.4. The Morgan fingerprint density at radius 2 is 1.37 bits per heavy atom. The number of esters is 2. The molecule has 3 saturated heterocycles. The van der Waals surface area contributed by atoms with Crippen molar-refractivity contribution in [1.82, 2.24) is 0 Å². The normalized spacial score (nSPS) is 46.6. The number of ketones is 1. The minimum atomic E-state index is -1.91. The Balaban J connectivity index is 0.960. The standard InChI is InChI=1S/C53H76O18/c1-27(54)35-20-23-53(60)51(35,7)48(69-38(56)17-16-32-14-12-11-13-15-32)46(67-31(5)55)47-50(6)21-19-34(24-33(50)18-22-52(47,53)59)68-39-25-36(61-8)43(29(3)64-39)70-40-26-37(62-9)44(30(4)65-40)71-49-42(58)45(63-10)41(57)28(2)66-49/h11-18,28-30,34-37,39-49,57-60H,19-26H2,1-10H3/b17-16+. The van der Waals surface area contributed by atoms with Gasteiger partial charge in [0, 0.05) is 64.4 Å². The van der Waals surface area contributed by atoms with Crippen LogP contribution >= 0.6 is 0 Å². The summed E-state index contributed by atoms with van der Waals surface area (Å²) in [4.78, 5) is 40.4. The van der Waals surface area contributed by atoms with Crippen molar-refractivity contribution >= 4 is 23.8 Å². The molecule has 0 bridgehead atoms. The van der Waals surface area contributed by atoms with E-state index >= 15 is 0 Å². The molecule has 18 nitrogen and oxygen atoms in total. The number of rotatable bonds is 14. The number of aliphatic hydroxyl groups is 4. The summed E-state index contributed by atoms with van der Waals surface area (Å²) in [5, 5.41) is 47.7. The van der Waals surface area contributed by atoms with Crippen molar-refractivity contribution in [2.24, 2.45) is 22.7 Å². The van der Waals surface area contributed by atoms with Crippen LogP contribution in [0.2, 0.25) is 0 Å². The van der Waals surface area contributed by atoms with Crippen LogP contribution in [0.3, 0.4) is 0 Å². The molecule has 0 aromatic heterocycles. The molecule has 3 heterocycles. The van der Waals surface area contributed by atoms with Crippen molar-refractivity contribution in [2.75, 3.05) is 21.3 Å². The predicted molar refractivity (Wildman–Crippen MR) is 252 cm³/mol. The molecule has 0 spiro atoms. The van der Waals surface area contributed by atoms with Gasteiger partial charge in [-0.05, 0) is 83.3 Å². The summed E-state index contributed by atoms with van der Waals surface area (Å²) in [5.74, 6) is -3.34. The SMILES string of the molecule is COC1CC(OC2CCC3(C)C(=CCC4(O)C3C(OC(C)=O)C(OC(=O)/C=C/c3ccccc3)C3(C)C(C(C)=O)CCC43O)C2)OC(C)C1OC1CC(OC)C(OC2OC(C)C(O)C(OC)C2O)C(C)O1. The first-order valence-corrected chi connectivity index (χ1v) is 25.3. The molecule has 71 heavy (non-hydrogen) atoms. The molecule has 6 fully saturated rings. The molecule has 4 aliphatic carbocycles. The van der Waals surface area contributed by atoms with Gasteiger partial charge in [0.1, 0.15) is 59.7 Å². The fourth-order valence-corrected chi connectivity index (χ4v) is 13.8. The lowest BCUT2D eigenvalue weighted by atomic mass is 9.42. The molecule has 3 saturated carbocycles. The lowest BCUT2D eigenvalue weighted by molar-refractivity contribution is -0.352. The first-order valence-electron chi connectivity index (χ1n) is 25.3. The Labute approximate surface area is 416 Å². The minimum absolute atomic E-state index is 0.00663. The van der Waals surface area contributed by atoms with E-state index < -0.39 is 138 Å². The molecule has 396 valence electrons. The van der Waals surface area contributed by atoms with E-state index in [1.165, 1.54) is 27.0 Å². The van der Waals surface area contributed by atoms with Crippen molar-refractivity contribution in [3.63, 3.8) is 0 Å². The van der Waals surface area contributed by atoms with Crippen molar-refractivity contribution in [3.8, 4) is 0 Å². The molecule has 8 rings (SSSR count). The lowest BCUT2D eigenvalue weighted by Crippen LogP contribution is -2.80. The fraction of sp³-hybridized carbons (Fsp3) is 0.755. The van der Waals surface area contributed by atoms with Gasteiger partial charge in [0.2, 0.25) is 0 Å². The van der Waals surface area contributed by atoms with Gasteiger partial charge in [0.05, 0.1) is 36.6 Å². The van der Waals surface area contributed by atoms with Crippen LogP contribution in [0.15, 0.2) is 48.1 Å². The van der Waals surface area contributed by atoms with Gasteiger partial charge in [-0.25, -0.2) is 4.79 Å². The topological polar surface area (TPSA) is 234 Å². The van der Waals surface area contributed by atoms with Crippen LogP contribution < -0.4 is 0 Å². The van der Waals surface area contributed by atoms with E-state index in [0.717, 1.165) is 11.1 Å². The highest BCUT2D eigenvalue weighted by molar-refractivity contribution is 5.87. The number of fused-ring (bicyclic) bond motifs is 5. The van der Waals surface area contributed by atoms with E-state index in [-0.39, 0.29) is 37.6 Å². The first-order chi connectivity index (χ1) is 33.6. The van der Waals surface area contributed by atoms with Gasteiger partial charge in [-0.2, -0.15) is 0 Å². The summed E-state index contributed by atoms with van der Waals surface area (Å²) in [6, 6.07) is 9.21. The second-order valence-electron chi connectivity index (χ2n) is 21.4. The summed E-state index contributed by atoms with van der Waals surface area (Å²) in [5.41, 5.74) is -4.45. The number of ether oxygens (including phenoxy) is 11. The van der Waals surface area contributed by atoms with Gasteiger partial charge in [0.15, 0.2) is 18.9 Å². The van der Waals surface area contributed by atoms with E-state index in [1.807, 2.05) is 57.2 Å². The van der Waals surface area contributed by atoms with Gasteiger partial charge in [-0.1, -0.05) is 55.8 Å². The summed E-state index contributed by atoms with van der Waals surface area (Å²) in [6.45, 7) is 11.8. The second kappa shape index (κ2) is 21.2.